The second-order valence-electron chi connectivity index (χ2n) is 5.94. The molecule has 0 amide bonds. The molecule has 1 aliphatic heterocycles. The molecule has 3 rings (SSSR count). The number of aryl methyl sites for hydroxylation is 1. The van der Waals surface area contributed by atoms with Crippen LogP contribution in [0.2, 0.25) is 0 Å². The summed E-state index contributed by atoms with van der Waals surface area (Å²) in [5, 5.41) is 13.4. The third-order valence-corrected chi connectivity index (χ3v) is 4.81. The quantitative estimate of drug-likeness (QED) is 0.903. The van der Waals surface area contributed by atoms with E-state index in [1.165, 1.54) is 11.1 Å². The summed E-state index contributed by atoms with van der Waals surface area (Å²) in [4.78, 5) is 2.39. The van der Waals surface area contributed by atoms with Crippen LogP contribution in [-0.4, -0.2) is 38.2 Å². The summed E-state index contributed by atoms with van der Waals surface area (Å²) in [5.74, 6) is 0.889. The second kappa shape index (κ2) is 6.05. The van der Waals surface area contributed by atoms with E-state index in [9.17, 15) is 5.26 Å². The molecule has 1 aliphatic carbocycles. The zero-order chi connectivity index (χ0) is 14.7. The van der Waals surface area contributed by atoms with Crippen molar-refractivity contribution >= 4 is 0 Å². The predicted molar refractivity (Wildman–Crippen MR) is 82.3 cm³/mol. The van der Waals surface area contributed by atoms with E-state index in [4.69, 9.17) is 4.74 Å². The van der Waals surface area contributed by atoms with Crippen LogP contribution in [-0.2, 0) is 12.0 Å². The molecule has 1 aromatic rings. The maximum atomic E-state index is 10.0. The summed E-state index contributed by atoms with van der Waals surface area (Å²) < 4.78 is 5.34. The number of hydrogen-bond donors (Lipinski definition) is 1. The third-order valence-electron chi connectivity index (χ3n) is 4.81. The number of rotatable bonds is 2. The van der Waals surface area contributed by atoms with Gasteiger partial charge in [-0.3, -0.25) is 4.90 Å². The fraction of sp³-hybridized carbons (Fsp3) is 0.588. The van der Waals surface area contributed by atoms with Crippen LogP contribution in [0.25, 0.3) is 0 Å². The average Bonchev–Trinajstić information content (AvgIpc) is 2.83. The van der Waals surface area contributed by atoms with Crippen LogP contribution in [0.3, 0.4) is 0 Å². The lowest BCUT2D eigenvalue weighted by Crippen LogP contribution is -2.48. The normalized spacial score (nSPS) is 26.5. The molecule has 1 fully saturated rings. The molecule has 2 aliphatic rings. The summed E-state index contributed by atoms with van der Waals surface area (Å²) in [7, 11) is 1.70. The fourth-order valence-corrected chi connectivity index (χ4v) is 3.72. The predicted octanol–water partition coefficient (Wildman–Crippen LogP) is 2.05. The molecule has 1 atom stereocenters. The Labute approximate surface area is 126 Å². The van der Waals surface area contributed by atoms with Gasteiger partial charge in [-0.05, 0) is 55.5 Å². The molecule has 0 spiro atoms. The molecule has 1 N–H and O–H groups in total. The fourth-order valence-electron chi connectivity index (χ4n) is 3.72. The van der Waals surface area contributed by atoms with Crippen molar-refractivity contribution in [3.05, 3.63) is 29.3 Å². The number of ether oxygens (including phenoxy) is 1. The molecule has 0 bridgehead atoms. The average molecular weight is 285 g/mol. The number of nitrogens with one attached hydrogen (secondary N) is 1. The molecule has 4 heteroatoms. The standard InChI is InChI=1S/C17H23N3O/c1-21-15-5-6-16-14(12-15)4-2-7-17(16,13-18)20-10-3-8-19-9-11-20/h5-6,12,19H,2-4,7-11H2,1H3. The van der Waals surface area contributed by atoms with Gasteiger partial charge in [-0.2, -0.15) is 5.26 Å². The molecule has 1 aromatic carbocycles. The molecule has 0 radical (unpaired) electrons. The van der Waals surface area contributed by atoms with E-state index >= 15 is 0 Å². The van der Waals surface area contributed by atoms with Gasteiger partial charge in [0.2, 0.25) is 0 Å². The number of benzene rings is 1. The SMILES string of the molecule is COc1ccc2c(c1)CCCC2(C#N)N1CCCNCC1. The van der Waals surface area contributed by atoms with E-state index in [1.807, 2.05) is 6.07 Å². The summed E-state index contributed by atoms with van der Waals surface area (Å²) in [5.41, 5.74) is 2.02. The highest BCUT2D eigenvalue weighted by Gasteiger charge is 2.42. The molecular weight excluding hydrogens is 262 g/mol. The highest BCUT2D eigenvalue weighted by molar-refractivity contribution is 5.45. The van der Waals surface area contributed by atoms with Crippen molar-refractivity contribution in [2.45, 2.75) is 31.2 Å². The Hall–Kier alpha value is -1.57. The lowest BCUT2D eigenvalue weighted by molar-refractivity contribution is 0.126. The molecule has 1 heterocycles. The van der Waals surface area contributed by atoms with Crippen LogP contribution in [0.1, 0.15) is 30.4 Å². The zero-order valence-electron chi connectivity index (χ0n) is 12.7. The summed E-state index contributed by atoms with van der Waals surface area (Å²) in [6.45, 7) is 3.95. The minimum atomic E-state index is -0.453. The van der Waals surface area contributed by atoms with E-state index < -0.39 is 5.54 Å². The maximum absolute atomic E-state index is 10.0. The Bertz CT molecular complexity index is 543. The zero-order valence-corrected chi connectivity index (χ0v) is 12.7. The van der Waals surface area contributed by atoms with Crippen molar-refractivity contribution < 1.29 is 4.74 Å². The number of fused-ring (bicyclic) bond motifs is 1. The number of methoxy groups -OCH3 is 1. The summed E-state index contributed by atoms with van der Waals surface area (Å²) in [6, 6.07) is 8.87. The largest absolute Gasteiger partial charge is 0.497 e. The first kappa shape index (κ1) is 14.4. The first-order valence-corrected chi connectivity index (χ1v) is 7.84. The smallest absolute Gasteiger partial charge is 0.135 e. The van der Waals surface area contributed by atoms with Crippen LogP contribution in [0.5, 0.6) is 5.75 Å². The van der Waals surface area contributed by atoms with Crippen LogP contribution >= 0.6 is 0 Å². The highest BCUT2D eigenvalue weighted by Crippen LogP contribution is 2.41. The van der Waals surface area contributed by atoms with Crippen molar-refractivity contribution in [3.63, 3.8) is 0 Å². The minimum Gasteiger partial charge on any atom is -0.497 e. The highest BCUT2D eigenvalue weighted by atomic mass is 16.5. The molecule has 4 nitrogen and oxygen atoms in total. The lowest BCUT2D eigenvalue weighted by atomic mass is 9.76. The Morgan fingerprint density at radius 1 is 1.29 bits per heavy atom. The number of nitrogens with zero attached hydrogens (tertiary/aromatic N) is 2. The van der Waals surface area contributed by atoms with E-state index in [1.54, 1.807) is 7.11 Å². The molecule has 0 saturated carbocycles. The topological polar surface area (TPSA) is 48.3 Å². The van der Waals surface area contributed by atoms with Gasteiger partial charge in [0.1, 0.15) is 11.3 Å². The first-order chi connectivity index (χ1) is 10.3. The summed E-state index contributed by atoms with van der Waals surface area (Å²) >= 11 is 0. The molecule has 0 aromatic heterocycles. The van der Waals surface area contributed by atoms with E-state index in [2.05, 4.69) is 28.4 Å². The second-order valence-corrected chi connectivity index (χ2v) is 5.94. The molecule has 1 saturated heterocycles. The van der Waals surface area contributed by atoms with Crippen molar-refractivity contribution in [3.8, 4) is 11.8 Å². The Balaban J connectivity index is 2.02. The molecule has 21 heavy (non-hydrogen) atoms. The van der Waals surface area contributed by atoms with Gasteiger partial charge in [-0.25, -0.2) is 0 Å². The maximum Gasteiger partial charge on any atom is 0.135 e. The Morgan fingerprint density at radius 3 is 3.00 bits per heavy atom. The van der Waals surface area contributed by atoms with Crippen molar-refractivity contribution in [2.75, 3.05) is 33.3 Å². The van der Waals surface area contributed by atoms with Gasteiger partial charge in [0, 0.05) is 19.6 Å². The monoisotopic (exact) mass is 285 g/mol. The first-order valence-electron chi connectivity index (χ1n) is 7.84. The van der Waals surface area contributed by atoms with Crippen LogP contribution in [0, 0.1) is 11.3 Å². The van der Waals surface area contributed by atoms with Gasteiger partial charge in [-0.1, -0.05) is 6.07 Å². The van der Waals surface area contributed by atoms with Crippen molar-refractivity contribution in [1.29, 1.82) is 5.26 Å². The molecular formula is C17H23N3O. The lowest BCUT2D eigenvalue weighted by Gasteiger charge is -2.42. The van der Waals surface area contributed by atoms with Gasteiger partial charge in [0.05, 0.1) is 13.2 Å². The number of nitriles is 1. The van der Waals surface area contributed by atoms with Crippen LogP contribution < -0.4 is 10.1 Å². The summed E-state index contributed by atoms with van der Waals surface area (Å²) in [6.07, 6.45) is 4.15. The van der Waals surface area contributed by atoms with E-state index in [0.717, 1.165) is 57.6 Å². The van der Waals surface area contributed by atoms with Gasteiger partial charge in [0.15, 0.2) is 0 Å². The van der Waals surface area contributed by atoms with Gasteiger partial charge < -0.3 is 10.1 Å². The van der Waals surface area contributed by atoms with Crippen molar-refractivity contribution in [2.24, 2.45) is 0 Å². The van der Waals surface area contributed by atoms with Crippen LogP contribution in [0.15, 0.2) is 18.2 Å². The van der Waals surface area contributed by atoms with E-state index in [-0.39, 0.29) is 0 Å². The van der Waals surface area contributed by atoms with Crippen molar-refractivity contribution in [1.82, 2.24) is 10.2 Å². The molecule has 1 unspecified atom stereocenters. The molecule has 112 valence electrons. The van der Waals surface area contributed by atoms with Crippen LogP contribution in [0.4, 0.5) is 0 Å². The van der Waals surface area contributed by atoms with E-state index in [0.29, 0.717) is 0 Å². The third kappa shape index (κ3) is 2.52. The minimum absolute atomic E-state index is 0.453. The Kier molecular flexibility index (Phi) is 4.14. The van der Waals surface area contributed by atoms with Gasteiger partial charge in [0.25, 0.3) is 0 Å². The van der Waals surface area contributed by atoms with Gasteiger partial charge in [-0.15, -0.1) is 0 Å². The Morgan fingerprint density at radius 2 is 2.19 bits per heavy atom. The van der Waals surface area contributed by atoms with Gasteiger partial charge >= 0.3 is 0 Å². The number of hydrogen-bond acceptors (Lipinski definition) is 4.